The van der Waals surface area contributed by atoms with Gasteiger partial charge in [0, 0.05) is 38.3 Å². The monoisotopic (exact) mass is 359 g/mol. The van der Waals surface area contributed by atoms with Crippen LogP contribution in [0.15, 0.2) is 0 Å². The summed E-state index contributed by atoms with van der Waals surface area (Å²) in [6.07, 6.45) is 12.4. The maximum Gasteiger partial charge on any atom is 0.150 e. The Morgan fingerprint density at radius 3 is 2.46 bits per heavy atom. The first-order chi connectivity index (χ1) is 12.5. The maximum atomic E-state index is 13.3. The van der Waals surface area contributed by atoms with Crippen LogP contribution in [0.5, 0.6) is 0 Å². The minimum atomic E-state index is -0.122. The third kappa shape index (κ3) is 2.55. The molecule has 0 aromatic carbocycles. The van der Waals surface area contributed by atoms with Crippen LogP contribution < -0.4 is 5.32 Å². The molecular weight excluding hydrogens is 322 g/mol. The average Bonchev–Trinajstić information content (AvgIpc) is 2.63. The molecule has 5 heterocycles. The number of carbonyl (C=O) groups is 1. The van der Waals surface area contributed by atoms with Gasteiger partial charge in [-0.25, -0.2) is 0 Å². The number of piperidine rings is 3. The lowest BCUT2D eigenvalue weighted by molar-refractivity contribution is -0.206. The van der Waals surface area contributed by atoms with Crippen molar-refractivity contribution in [2.24, 2.45) is 16.7 Å². The molecule has 5 unspecified atom stereocenters. The van der Waals surface area contributed by atoms with Crippen molar-refractivity contribution in [3.05, 3.63) is 0 Å². The van der Waals surface area contributed by atoms with Gasteiger partial charge in [-0.15, -0.1) is 0 Å². The van der Waals surface area contributed by atoms with E-state index in [1.807, 2.05) is 0 Å². The second-order valence-corrected chi connectivity index (χ2v) is 10.5. The minimum absolute atomic E-state index is 0.0696. The summed E-state index contributed by atoms with van der Waals surface area (Å²) in [7, 11) is 0. The number of carbonyl (C=O) groups excluding carboxylic acids is 1. The predicted octanol–water partition coefficient (Wildman–Crippen LogP) is 3.02. The van der Waals surface area contributed by atoms with Crippen LogP contribution >= 0.6 is 0 Å². The van der Waals surface area contributed by atoms with Crippen LogP contribution in [-0.2, 0) is 4.79 Å². The van der Waals surface area contributed by atoms with Gasteiger partial charge in [0.05, 0.1) is 17.0 Å². The van der Waals surface area contributed by atoms with E-state index in [2.05, 4.69) is 29.0 Å². The number of unbranched alkanes of at least 4 members (excludes halogenated alkanes) is 1. The highest BCUT2D eigenvalue weighted by Gasteiger charge is 2.64. The van der Waals surface area contributed by atoms with E-state index in [-0.39, 0.29) is 10.8 Å². The molecule has 4 heteroatoms. The van der Waals surface area contributed by atoms with Crippen molar-refractivity contribution in [1.29, 1.82) is 0 Å². The van der Waals surface area contributed by atoms with Crippen LogP contribution in [0.1, 0.15) is 71.6 Å². The van der Waals surface area contributed by atoms with Crippen molar-refractivity contribution in [2.75, 3.05) is 26.2 Å². The van der Waals surface area contributed by atoms with Gasteiger partial charge in [0.15, 0.2) is 0 Å². The second kappa shape index (κ2) is 6.28. The smallest absolute Gasteiger partial charge is 0.150 e. The topological polar surface area (TPSA) is 35.6 Å². The largest absolute Gasteiger partial charge is 0.308 e. The van der Waals surface area contributed by atoms with E-state index in [9.17, 15) is 4.79 Å². The third-order valence-electron chi connectivity index (χ3n) is 8.45. The first-order valence-electron chi connectivity index (χ1n) is 11.3. The van der Waals surface area contributed by atoms with E-state index < -0.39 is 0 Å². The summed E-state index contributed by atoms with van der Waals surface area (Å²) < 4.78 is 0. The van der Waals surface area contributed by atoms with E-state index in [0.29, 0.717) is 18.0 Å². The first-order valence-corrected chi connectivity index (χ1v) is 11.3. The Morgan fingerprint density at radius 1 is 1.00 bits per heavy atom. The number of nitrogens with zero attached hydrogens (tertiary/aromatic N) is 2. The number of ketones is 1. The zero-order valence-corrected chi connectivity index (χ0v) is 16.8. The minimum Gasteiger partial charge on any atom is -0.308 e. The molecule has 5 saturated heterocycles. The lowest BCUT2D eigenvalue weighted by Crippen LogP contribution is -2.81. The molecule has 0 aromatic rings. The van der Waals surface area contributed by atoms with Crippen LogP contribution in [0.4, 0.5) is 0 Å². The second-order valence-electron chi connectivity index (χ2n) is 10.5. The fraction of sp³-hybridized carbons (Fsp3) is 0.955. The molecular formula is C22H37N3O. The average molecular weight is 360 g/mol. The molecule has 1 saturated carbocycles. The van der Waals surface area contributed by atoms with Crippen molar-refractivity contribution in [1.82, 2.24) is 15.1 Å². The molecule has 1 N–H and O–H groups in total. The normalized spacial score (nSPS) is 52.9. The molecule has 6 rings (SSSR count). The summed E-state index contributed by atoms with van der Waals surface area (Å²) >= 11 is 0. The van der Waals surface area contributed by atoms with Gasteiger partial charge >= 0.3 is 0 Å². The van der Waals surface area contributed by atoms with Gasteiger partial charge in [-0.2, -0.15) is 0 Å². The van der Waals surface area contributed by atoms with Gasteiger partial charge in [-0.05, 0) is 38.0 Å². The number of nitrogens with one attached hydrogen (secondary N) is 1. The summed E-state index contributed by atoms with van der Waals surface area (Å²) in [4.78, 5) is 18.8. The standard InChI is InChI=1S/C22H37N3O/c1-3-4-11-22-14-24-12-21(2,20(22)26)13-25(15-22)19(24)18-10-9-16-7-5-6-8-17(16)23-18/h16-19,23H,3-15H2,1-2H3. The van der Waals surface area contributed by atoms with Crippen LogP contribution in [0, 0.1) is 16.7 Å². The zero-order chi connectivity index (χ0) is 17.9. The Hall–Kier alpha value is -0.450. The lowest BCUT2D eigenvalue weighted by Gasteiger charge is -2.67. The Labute approximate surface area is 159 Å². The van der Waals surface area contributed by atoms with Crippen LogP contribution in [0.25, 0.3) is 0 Å². The molecule has 0 radical (unpaired) electrons. The SMILES string of the molecule is CCCCC12CN3CC(C)(CN(C1)C3C1CCC3CCCCC3N1)C2=O. The Balaban J connectivity index is 1.36. The van der Waals surface area contributed by atoms with Crippen molar-refractivity contribution in [3.8, 4) is 0 Å². The van der Waals surface area contributed by atoms with Crippen LogP contribution in [0.3, 0.4) is 0 Å². The van der Waals surface area contributed by atoms with Crippen LogP contribution in [-0.4, -0.2) is 60.0 Å². The zero-order valence-electron chi connectivity index (χ0n) is 16.8. The summed E-state index contributed by atoms with van der Waals surface area (Å²) in [6, 6.07) is 1.37. The molecule has 4 nitrogen and oxygen atoms in total. The highest BCUT2D eigenvalue weighted by molar-refractivity contribution is 5.93. The molecule has 5 aliphatic heterocycles. The molecule has 146 valence electrons. The fourth-order valence-corrected chi connectivity index (χ4v) is 7.47. The first kappa shape index (κ1) is 17.6. The number of hydrogen-bond acceptors (Lipinski definition) is 4. The number of Topliss-reactive ketones (excluding diaryl/α,β-unsaturated/α-hetero) is 1. The highest BCUT2D eigenvalue weighted by atomic mass is 16.1. The van der Waals surface area contributed by atoms with Crippen LogP contribution in [0.2, 0.25) is 0 Å². The molecule has 0 spiro atoms. The van der Waals surface area contributed by atoms with Crippen molar-refractivity contribution in [2.45, 2.75) is 89.9 Å². The highest BCUT2D eigenvalue weighted by Crippen LogP contribution is 2.51. The van der Waals surface area contributed by atoms with Crippen molar-refractivity contribution >= 4 is 5.78 Å². The number of fused-ring (bicyclic) bond motifs is 1. The molecule has 6 aliphatic rings. The van der Waals surface area contributed by atoms with E-state index in [1.165, 1.54) is 51.4 Å². The van der Waals surface area contributed by atoms with Crippen molar-refractivity contribution < 1.29 is 4.79 Å². The number of rotatable bonds is 4. The molecule has 26 heavy (non-hydrogen) atoms. The van der Waals surface area contributed by atoms with Gasteiger partial charge in [-0.3, -0.25) is 14.6 Å². The number of hydrogen-bond donors (Lipinski definition) is 1. The van der Waals surface area contributed by atoms with Gasteiger partial charge < -0.3 is 5.32 Å². The molecule has 4 bridgehead atoms. The van der Waals surface area contributed by atoms with E-state index >= 15 is 0 Å². The Bertz CT molecular complexity index is 560. The fourth-order valence-electron chi connectivity index (χ4n) is 7.47. The Morgan fingerprint density at radius 2 is 1.73 bits per heavy atom. The molecule has 0 aromatic heterocycles. The summed E-state index contributed by atoms with van der Waals surface area (Å²) in [5.41, 5.74) is -0.192. The summed E-state index contributed by atoms with van der Waals surface area (Å²) in [5, 5.41) is 4.09. The predicted molar refractivity (Wildman–Crippen MR) is 104 cm³/mol. The molecule has 1 aliphatic carbocycles. The maximum absolute atomic E-state index is 13.3. The summed E-state index contributed by atoms with van der Waals surface area (Å²) in [5.74, 6) is 1.52. The van der Waals surface area contributed by atoms with Crippen molar-refractivity contribution in [3.63, 3.8) is 0 Å². The van der Waals surface area contributed by atoms with Gasteiger partial charge in [-0.1, -0.05) is 39.5 Å². The van der Waals surface area contributed by atoms with E-state index in [0.717, 1.165) is 44.6 Å². The van der Waals surface area contributed by atoms with E-state index in [4.69, 9.17) is 0 Å². The quantitative estimate of drug-likeness (QED) is 0.837. The van der Waals surface area contributed by atoms with Gasteiger partial charge in [0.2, 0.25) is 0 Å². The molecule has 0 amide bonds. The molecule has 5 atom stereocenters. The lowest BCUT2D eigenvalue weighted by atomic mass is 9.59. The van der Waals surface area contributed by atoms with Gasteiger partial charge in [0.25, 0.3) is 0 Å². The van der Waals surface area contributed by atoms with Gasteiger partial charge in [0.1, 0.15) is 5.78 Å². The molecule has 6 fully saturated rings. The Kier molecular flexibility index (Phi) is 4.26. The summed E-state index contributed by atoms with van der Waals surface area (Å²) in [6.45, 7) is 8.53. The van der Waals surface area contributed by atoms with E-state index in [1.54, 1.807) is 0 Å². The third-order valence-corrected chi connectivity index (χ3v) is 8.45.